The first-order valence-corrected chi connectivity index (χ1v) is 4.74. The maximum atomic E-state index is 5.48. The molecule has 1 rings (SSSR count). The Bertz CT molecular complexity index is 220. The van der Waals surface area contributed by atoms with E-state index in [0.717, 1.165) is 6.42 Å². The van der Waals surface area contributed by atoms with Gasteiger partial charge in [-0.3, -0.25) is 0 Å². The lowest BCUT2D eigenvalue weighted by molar-refractivity contribution is 0.726. The van der Waals surface area contributed by atoms with Gasteiger partial charge < -0.3 is 5.73 Å². The molecular formula is C8H14N2S. The number of hydrogen-bond acceptors (Lipinski definition) is 3. The molecule has 1 heterocycles. The van der Waals surface area contributed by atoms with Crippen LogP contribution in [0.25, 0.3) is 0 Å². The van der Waals surface area contributed by atoms with Gasteiger partial charge in [-0.1, -0.05) is 13.8 Å². The van der Waals surface area contributed by atoms with Gasteiger partial charge >= 0.3 is 0 Å². The van der Waals surface area contributed by atoms with E-state index < -0.39 is 0 Å². The second-order valence-electron chi connectivity index (χ2n) is 2.68. The Morgan fingerprint density at radius 2 is 2.45 bits per heavy atom. The number of nitrogens with zero attached hydrogens (tertiary/aromatic N) is 1. The normalized spacial score (nSPS) is 13.4. The minimum Gasteiger partial charge on any atom is -0.326 e. The van der Waals surface area contributed by atoms with Gasteiger partial charge in [-0.25, -0.2) is 4.98 Å². The standard InChI is InChI=1S/C8H14N2S/c1-3-6(2)8-10-5-7(4-9)11-8/h5-6H,3-4,9H2,1-2H3. The van der Waals surface area contributed by atoms with E-state index in [1.165, 1.54) is 9.88 Å². The lowest BCUT2D eigenvalue weighted by atomic mass is 10.1. The van der Waals surface area contributed by atoms with Crippen molar-refractivity contribution in [1.29, 1.82) is 0 Å². The molecule has 0 aliphatic carbocycles. The molecule has 0 aromatic carbocycles. The van der Waals surface area contributed by atoms with Gasteiger partial charge in [0.25, 0.3) is 0 Å². The van der Waals surface area contributed by atoms with Crippen LogP contribution in [0.15, 0.2) is 6.20 Å². The Kier molecular flexibility index (Phi) is 3.02. The van der Waals surface area contributed by atoms with E-state index >= 15 is 0 Å². The second kappa shape index (κ2) is 3.83. The summed E-state index contributed by atoms with van der Waals surface area (Å²) in [6, 6.07) is 0. The van der Waals surface area contributed by atoms with E-state index in [2.05, 4.69) is 18.8 Å². The van der Waals surface area contributed by atoms with Crippen molar-refractivity contribution < 1.29 is 0 Å². The Morgan fingerprint density at radius 1 is 1.73 bits per heavy atom. The highest BCUT2D eigenvalue weighted by molar-refractivity contribution is 7.11. The summed E-state index contributed by atoms with van der Waals surface area (Å²) in [4.78, 5) is 5.48. The van der Waals surface area contributed by atoms with Crippen molar-refractivity contribution >= 4 is 11.3 Å². The molecule has 11 heavy (non-hydrogen) atoms. The molecule has 2 N–H and O–H groups in total. The van der Waals surface area contributed by atoms with E-state index in [4.69, 9.17) is 5.73 Å². The van der Waals surface area contributed by atoms with Crippen LogP contribution >= 0.6 is 11.3 Å². The number of aromatic nitrogens is 1. The van der Waals surface area contributed by atoms with Crippen molar-refractivity contribution in [3.8, 4) is 0 Å². The van der Waals surface area contributed by atoms with Crippen molar-refractivity contribution in [3.63, 3.8) is 0 Å². The van der Waals surface area contributed by atoms with Crippen molar-refractivity contribution in [2.75, 3.05) is 0 Å². The Labute approximate surface area is 71.5 Å². The van der Waals surface area contributed by atoms with Crippen molar-refractivity contribution in [2.24, 2.45) is 5.73 Å². The van der Waals surface area contributed by atoms with Crippen LogP contribution in [-0.2, 0) is 6.54 Å². The third-order valence-corrected chi connectivity index (χ3v) is 3.06. The smallest absolute Gasteiger partial charge is 0.0956 e. The summed E-state index contributed by atoms with van der Waals surface area (Å²) < 4.78 is 0. The summed E-state index contributed by atoms with van der Waals surface area (Å²) in [5.41, 5.74) is 5.48. The first kappa shape index (κ1) is 8.68. The molecule has 0 aliphatic rings. The van der Waals surface area contributed by atoms with Gasteiger partial charge in [-0.05, 0) is 6.42 Å². The van der Waals surface area contributed by atoms with Crippen molar-refractivity contribution in [1.82, 2.24) is 4.98 Å². The Hall–Kier alpha value is -0.410. The van der Waals surface area contributed by atoms with Gasteiger partial charge in [0.15, 0.2) is 0 Å². The van der Waals surface area contributed by atoms with Crippen LogP contribution in [-0.4, -0.2) is 4.98 Å². The topological polar surface area (TPSA) is 38.9 Å². The first-order chi connectivity index (χ1) is 5.27. The molecule has 1 atom stereocenters. The zero-order valence-electron chi connectivity index (χ0n) is 7.00. The van der Waals surface area contributed by atoms with Crippen molar-refractivity contribution in [3.05, 3.63) is 16.1 Å². The number of thiazole rings is 1. The lowest BCUT2D eigenvalue weighted by Gasteiger charge is -2.01. The minimum atomic E-state index is 0.584. The fourth-order valence-corrected chi connectivity index (χ4v) is 1.75. The van der Waals surface area contributed by atoms with E-state index in [9.17, 15) is 0 Å². The molecule has 0 fully saturated rings. The molecule has 0 aliphatic heterocycles. The fraction of sp³-hybridized carbons (Fsp3) is 0.625. The minimum absolute atomic E-state index is 0.584. The van der Waals surface area contributed by atoms with E-state index in [0.29, 0.717) is 12.5 Å². The highest BCUT2D eigenvalue weighted by atomic mass is 32.1. The molecule has 0 spiro atoms. The van der Waals surface area contributed by atoms with Gasteiger partial charge in [0.2, 0.25) is 0 Å². The quantitative estimate of drug-likeness (QED) is 0.754. The van der Waals surface area contributed by atoms with Gasteiger partial charge in [0.05, 0.1) is 5.01 Å². The van der Waals surface area contributed by atoms with Gasteiger partial charge in [0, 0.05) is 23.5 Å². The lowest BCUT2D eigenvalue weighted by Crippen LogP contribution is -1.91. The van der Waals surface area contributed by atoms with Crippen LogP contribution in [0.1, 0.15) is 36.1 Å². The molecule has 1 aromatic heterocycles. The van der Waals surface area contributed by atoms with Crippen LogP contribution in [0.4, 0.5) is 0 Å². The van der Waals surface area contributed by atoms with Gasteiger partial charge in [-0.2, -0.15) is 0 Å². The largest absolute Gasteiger partial charge is 0.326 e. The zero-order chi connectivity index (χ0) is 8.27. The van der Waals surface area contributed by atoms with Gasteiger partial charge in [-0.15, -0.1) is 11.3 Å². The number of rotatable bonds is 3. The van der Waals surface area contributed by atoms with Crippen LogP contribution in [0.2, 0.25) is 0 Å². The zero-order valence-corrected chi connectivity index (χ0v) is 7.82. The number of hydrogen-bond donors (Lipinski definition) is 1. The summed E-state index contributed by atoms with van der Waals surface area (Å²) in [6.45, 7) is 4.99. The second-order valence-corrected chi connectivity index (χ2v) is 3.83. The highest BCUT2D eigenvalue weighted by Crippen LogP contribution is 2.23. The van der Waals surface area contributed by atoms with E-state index in [-0.39, 0.29) is 0 Å². The summed E-state index contributed by atoms with van der Waals surface area (Å²) in [7, 11) is 0. The summed E-state index contributed by atoms with van der Waals surface area (Å²) in [5, 5.41) is 1.22. The summed E-state index contributed by atoms with van der Waals surface area (Å²) >= 11 is 1.73. The molecule has 2 nitrogen and oxygen atoms in total. The van der Waals surface area contributed by atoms with Crippen LogP contribution in [0.5, 0.6) is 0 Å². The van der Waals surface area contributed by atoms with E-state index in [1.807, 2.05) is 6.20 Å². The summed E-state index contributed by atoms with van der Waals surface area (Å²) in [6.07, 6.45) is 3.03. The monoisotopic (exact) mass is 170 g/mol. The Morgan fingerprint density at radius 3 is 2.91 bits per heavy atom. The van der Waals surface area contributed by atoms with Gasteiger partial charge in [0.1, 0.15) is 0 Å². The molecule has 3 heteroatoms. The average molecular weight is 170 g/mol. The molecule has 0 bridgehead atoms. The first-order valence-electron chi connectivity index (χ1n) is 3.92. The maximum Gasteiger partial charge on any atom is 0.0956 e. The predicted molar refractivity (Wildman–Crippen MR) is 48.7 cm³/mol. The molecule has 0 saturated heterocycles. The average Bonchev–Trinajstić information content (AvgIpc) is 2.50. The summed E-state index contributed by atoms with van der Waals surface area (Å²) in [5.74, 6) is 0.584. The third-order valence-electron chi connectivity index (χ3n) is 1.81. The molecular weight excluding hydrogens is 156 g/mol. The third kappa shape index (κ3) is 2.01. The van der Waals surface area contributed by atoms with Crippen LogP contribution < -0.4 is 5.73 Å². The molecule has 0 saturated carbocycles. The molecule has 1 unspecified atom stereocenters. The highest BCUT2D eigenvalue weighted by Gasteiger charge is 2.06. The number of nitrogens with two attached hydrogens (primary N) is 1. The molecule has 62 valence electrons. The van der Waals surface area contributed by atoms with E-state index in [1.54, 1.807) is 11.3 Å². The molecule has 1 aromatic rings. The Balaban J connectivity index is 2.71. The molecule has 0 amide bonds. The predicted octanol–water partition coefficient (Wildman–Crippen LogP) is 2.12. The maximum absolute atomic E-state index is 5.48. The fourth-order valence-electron chi connectivity index (χ4n) is 0.819. The SMILES string of the molecule is CCC(C)c1ncc(CN)s1. The van der Waals surface area contributed by atoms with Crippen LogP contribution in [0, 0.1) is 0 Å². The van der Waals surface area contributed by atoms with Crippen molar-refractivity contribution in [2.45, 2.75) is 32.7 Å². The molecule has 0 radical (unpaired) electrons. The van der Waals surface area contributed by atoms with Crippen LogP contribution in [0.3, 0.4) is 0 Å².